The first-order chi connectivity index (χ1) is 7.61. The highest BCUT2D eigenvalue weighted by Crippen LogP contribution is 2.15. The molecule has 1 heterocycles. The van der Waals surface area contributed by atoms with Crippen LogP contribution in [-0.4, -0.2) is 18.1 Å². The summed E-state index contributed by atoms with van der Waals surface area (Å²) < 4.78 is 5.38. The summed E-state index contributed by atoms with van der Waals surface area (Å²) in [6.07, 6.45) is 0. The summed E-state index contributed by atoms with van der Waals surface area (Å²) in [7, 11) is 1.27. The van der Waals surface area contributed by atoms with Gasteiger partial charge in [0, 0.05) is 15.9 Å². The SMILES string of the molecule is COC(=O)c1cc(=O)c2ccc(Br)cc2[nH]1. The summed E-state index contributed by atoms with van der Waals surface area (Å²) in [6.45, 7) is 0. The average molecular weight is 282 g/mol. The van der Waals surface area contributed by atoms with Crippen molar-refractivity contribution in [1.82, 2.24) is 4.98 Å². The van der Waals surface area contributed by atoms with Crippen LogP contribution in [0.15, 0.2) is 33.5 Å². The number of hydrogen-bond acceptors (Lipinski definition) is 3. The molecular formula is C11H8BrNO3. The summed E-state index contributed by atoms with van der Waals surface area (Å²) in [5.74, 6) is -0.557. The van der Waals surface area contributed by atoms with E-state index in [-0.39, 0.29) is 11.1 Å². The highest BCUT2D eigenvalue weighted by atomic mass is 79.9. The summed E-state index contributed by atoms with van der Waals surface area (Å²) in [4.78, 5) is 25.8. The second-order valence-corrected chi connectivity index (χ2v) is 4.14. The Morgan fingerprint density at radius 2 is 2.12 bits per heavy atom. The zero-order chi connectivity index (χ0) is 11.7. The zero-order valence-corrected chi connectivity index (χ0v) is 10.00. The topological polar surface area (TPSA) is 59.2 Å². The van der Waals surface area contributed by atoms with Gasteiger partial charge in [0.2, 0.25) is 0 Å². The lowest BCUT2D eigenvalue weighted by molar-refractivity contribution is 0.0594. The highest BCUT2D eigenvalue weighted by Gasteiger charge is 2.09. The molecule has 0 saturated carbocycles. The molecule has 5 heteroatoms. The smallest absolute Gasteiger partial charge is 0.354 e. The molecular weight excluding hydrogens is 274 g/mol. The lowest BCUT2D eigenvalue weighted by atomic mass is 10.2. The first-order valence-corrected chi connectivity index (χ1v) is 5.32. The monoisotopic (exact) mass is 281 g/mol. The van der Waals surface area contributed by atoms with Crippen molar-refractivity contribution >= 4 is 32.8 Å². The van der Waals surface area contributed by atoms with Gasteiger partial charge in [0.25, 0.3) is 0 Å². The Hall–Kier alpha value is -1.62. The Balaban J connectivity index is 2.75. The number of aromatic amines is 1. The molecule has 2 rings (SSSR count). The van der Waals surface area contributed by atoms with E-state index in [0.717, 1.165) is 4.47 Å². The predicted octanol–water partition coefficient (Wildman–Crippen LogP) is 2.08. The number of benzene rings is 1. The van der Waals surface area contributed by atoms with E-state index in [9.17, 15) is 9.59 Å². The van der Waals surface area contributed by atoms with Gasteiger partial charge in [0.15, 0.2) is 5.43 Å². The molecule has 0 spiro atoms. The fourth-order valence-corrected chi connectivity index (χ4v) is 1.81. The number of aromatic nitrogens is 1. The Labute approximate surface area is 99.4 Å². The number of nitrogens with one attached hydrogen (secondary N) is 1. The molecule has 0 fully saturated rings. The van der Waals surface area contributed by atoms with Crippen LogP contribution in [0.1, 0.15) is 10.5 Å². The minimum Gasteiger partial charge on any atom is -0.464 e. The maximum atomic E-state index is 11.7. The van der Waals surface area contributed by atoms with Crippen molar-refractivity contribution in [2.75, 3.05) is 7.11 Å². The Morgan fingerprint density at radius 3 is 2.81 bits per heavy atom. The number of fused-ring (bicyclic) bond motifs is 1. The van der Waals surface area contributed by atoms with E-state index in [4.69, 9.17) is 0 Å². The van der Waals surface area contributed by atoms with Crippen molar-refractivity contribution in [3.05, 3.63) is 44.7 Å². The molecule has 82 valence electrons. The summed E-state index contributed by atoms with van der Waals surface area (Å²) >= 11 is 3.30. The van der Waals surface area contributed by atoms with Crippen molar-refractivity contribution < 1.29 is 9.53 Å². The fraction of sp³-hybridized carbons (Fsp3) is 0.0909. The number of H-pyrrole nitrogens is 1. The number of halogens is 1. The Kier molecular flexibility index (Phi) is 2.78. The van der Waals surface area contributed by atoms with E-state index in [1.54, 1.807) is 18.2 Å². The summed E-state index contributed by atoms with van der Waals surface area (Å²) in [6, 6.07) is 6.44. The maximum absolute atomic E-state index is 11.7. The quantitative estimate of drug-likeness (QED) is 0.815. The molecule has 0 bridgehead atoms. The van der Waals surface area contributed by atoms with Crippen LogP contribution in [0.5, 0.6) is 0 Å². The molecule has 1 aromatic carbocycles. The van der Waals surface area contributed by atoms with E-state index >= 15 is 0 Å². The van der Waals surface area contributed by atoms with Crippen LogP contribution in [0.25, 0.3) is 10.9 Å². The van der Waals surface area contributed by atoms with Gasteiger partial charge in [-0.2, -0.15) is 0 Å². The van der Waals surface area contributed by atoms with Crippen molar-refractivity contribution in [2.45, 2.75) is 0 Å². The van der Waals surface area contributed by atoms with Gasteiger partial charge in [0.1, 0.15) is 5.69 Å². The largest absolute Gasteiger partial charge is 0.464 e. The minimum absolute atomic E-state index is 0.151. The van der Waals surface area contributed by atoms with Gasteiger partial charge >= 0.3 is 5.97 Å². The molecule has 0 radical (unpaired) electrons. The molecule has 0 unspecified atom stereocenters. The summed E-state index contributed by atoms with van der Waals surface area (Å²) in [5.41, 5.74) is 0.544. The van der Waals surface area contributed by atoms with Crippen LogP contribution in [0, 0.1) is 0 Å². The van der Waals surface area contributed by atoms with E-state index in [2.05, 4.69) is 25.7 Å². The second-order valence-electron chi connectivity index (χ2n) is 3.23. The molecule has 0 aliphatic carbocycles. The number of hydrogen-bond donors (Lipinski definition) is 1. The lowest BCUT2D eigenvalue weighted by Gasteiger charge is -2.02. The highest BCUT2D eigenvalue weighted by molar-refractivity contribution is 9.10. The Morgan fingerprint density at radius 1 is 1.38 bits per heavy atom. The normalized spacial score (nSPS) is 10.4. The number of carbonyl (C=O) groups excluding carboxylic acids is 1. The number of ether oxygens (including phenoxy) is 1. The van der Waals surface area contributed by atoms with Crippen molar-refractivity contribution in [2.24, 2.45) is 0 Å². The number of esters is 1. The van der Waals surface area contributed by atoms with Crippen LogP contribution >= 0.6 is 15.9 Å². The van der Waals surface area contributed by atoms with Gasteiger partial charge in [-0.1, -0.05) is 15.9 Å². The van der Waals surface area contributed by atoms with Gasteiger partial charge in [-0.3, -0.25) is 4.79 Å². The third-order valence-corrected chi connectivity index (χ3v) is 2.69. The van der Waals surface area contributed by atoms with Gasteiger partial charge in [-0.25, -0.2) is 4.79 Å². The van der Waals surface area contributed by atoms with Crippen LogP contribution < -0.4 is 5.43 Å². The fourth-order valence-electron chi connectivity index (χ4n) is 1.44. The van der Waals surface area contributed by atoms with E-state index in [1.807, 2.05) is 0 Å². The molecule has 0 amide bonds. The van der Waals surface area contributed by atoms with Crippen molar-refractivity contribution in [3.63, 3.8) is 0 Å². The average Bonchev–Trinajstić information content (AvgIpc) is 2.27. The molecule has 0 atom stereocenters. The van der Waals surface area contributed by atoms with Gasteiger partial charge in [0.05, 0.1) is 12.6 Å². The summed E-state index contributed by atoms with van der Waals surface area (Å²) in [5, 5.41) is 0.538. The number of pyridine rings is 1. The van der Waals surface area contributed by atoms with Crippen LogP contribution in [0.4, 0.5) is 0 Å². The first kappa shape index (κ1) is 10.9. The van der Waals surface area contributed by atoms with Gasteiger partial charge < -0.3 is 9.72 Å². The number of methoxy groups -OCH3 is 1. The van der Waals surface area contributed by atoms with Crippen LogP contribution in [-0.2, 0) is 4.74 Å². The molecule has 0 aliphatic rings. The number of rotatable bonds is 1. The van der Waals surface area contributed by atoms with E-state index in [1.165, 1.54) is 13.2 Å². The van der Waals surface area contributed by atoms with E-state index < -0.39 is 5.97 Å². The molecule has 2 aromatic rings. The van der Waals surface area contributed by atoms with Gasteiger partial charge in [-0.15, -0.1) is 0 Å². The number of carbonyl (C=O) groups is 1. The minimum atomic E-state index is -0.557. The zero-order valence-electron chi connectivity index (χ0n) is 8.41. The Bertz CT molecular complexity index is 618. The maximum Gasteiger partial charge on any atom is 0.354 e. The molecule has 1 N–H and O–H groups in total. The molecule has 1 aromatic heterocycles. The van der Waals surface area contributed by atoms with E-state index in [0.29, 0.717) is 10.9 Å². The molecule has 0 aliphatic heterocycles. The van der Waals surface area contributed by atoms with Crippen LogP contribution in [0.2, 0.25) is 0 Å². The van der Waals surface area contributed by atoms with Crippen LogP contribution in [0.3, 0.4) is 0 Å². The second kappa shape index (κ2) is 4.09. The standard InChI is InChI=1S/C11H8BrNO3/c1-16-11(15)9-5-10(14)7-3-2-6(12)4-8(7)13-9/h2-5H,1H3,(H,13,14). The third-order valence-electron chi connectivity index (χ3n) is 2.20. The van der Waals surface area contributed by atoms with Crippen molar-refractivity contribution in [3.8, 4) is 0 Å². The lowest BCUT2D eigenvalue weighted by Crippen LogP contribution is -2.11. The molecule has 4 nitrogen and oxygen atoms in total. The van der Waals surface area contributed by atoms with Gasteiger partial charge in [-0.05, 0) is 18.2 Å². The molecule has 16 heavy (non-hydrogen) atoms. The third kappa shape index (κ3) is 1.86. The molecule has 0 saturated heterocycles. The van der Waals surface area contributed by atoms with Crippen molar-refractivity contribution in [1.29, 1.82) is 0 Å². The first-order valence-electron chi connectivity index (χ1n) is 4.52. The predicted molar refractivity (Wildman–Crippen MR) is 63.6 cm³/mol.